The smallest absolute Gasteiger partial charge is 0.338 e. The summed E-state index contributed by atoms with van der Waals surface area (Å²) in [6.07, 6.45) is 9.61. The largest absolute Gasteiger partial charge is 0.458 e. The molecular weight excluding hydrogens is 288 g/mol. The summed E-state index contributed by atoms with van der Waals surface area (Å²) in [5.41, 5.74) is 1.84. The summed E-state index contributed by atoms with van der Waals surface area (Å²) < 4.78 is 4.97. The number of aliphatic hydroxyl groups excluding tert-OH is 1. The SMILES string of the molecule is C=C1C[C@@H](O)[C@@H]2C(C)(C)CCC[C@]2(C)[C@H]1/C=C/C1=CCOC1=O. The minimum Gasteiger partial charge on any atom is -0.458 e. The zero-order chi connectivity index (χ0) is 16.8. The van der Waals surface area contributed by atoms with Gasteiger partial charge in [-0.2, -0.15) is 0 Å². The van der Waals surface area contributed by atoms with E-state index in [9.17, 15) is 9.90 Å². The standard InChI is InChI=1S/C20H28O3/c1-13-12-16(21)17-19(2,3)9-5-10-20(17,4)15(13)7-6-14-8-11-23-18(14)22/h6-8,15-17,21H,1,5,9-12H2,2-4H3/b7-6+/t15-,16+,17+,20+/m0/s1. The molecule has 2 saturated carbocycles. The van der Waals surface area contributed by atoms with E-state index in [-0.39, 0.29) is 34.7 Å². The van der Waals surface area contributed by atoms with Crippen LogP contribution in [0.1, 0.15) is 46.5 Å². The fourth-order valence-electron chi connectivity index (χ4n) is 5.48. The highest BCUT2D eigenvalue weighted by Crippen LogP contribution is 2.61. The normalized spacial score (nSPS) is 40.0. The highest BCUT2D eigenvalue weighted by Gasteiger charge is 2.55. The fourth-order valence-corrected chi connectivity index (χ4v) is 5.48. The number of aliphatic hydroxyl groups is 1. The van der Waals surface area contributed by atoms with Crippen LogP contribution in [0.15, 0.2) is 36.0 Å². The molecule has 0 aromatic rings. The first kappa shape index (κ1) is 16.5. The molecule has 23 heavy (non-hydrogen) atoms. The molecule has 2 fully saturated rings. The summed E-state index contributed by atoms with van der Waals surface area (Å²) in [7, 11) is 0. The molecule has 3 aliphatic rings. The number of allylic oxidation sites excluding steroid dienone is 1. The lowest BCUT2D eigenvalue weighted by molar-refractivity contribution is -0.135. The van der Waals surface area contributed by atoms with E-state index in [2.05, 4.69) is 33.4 Å². The number of rotatable bonds is 2. The lowest BCUT2D eigenvalue weighted by atomic mass is 9.47. The van der Waals surface area contributed by atoms with Crippen LogP contribution in [0.2, 0.25) is 0 Å². The summed E-state index contributed by atoms with van der Waals surface area (Å²) in [5.74, 6) is 0.214. The Labute approximate surface area is 139 Å². The van der Waals surface area contributed by atoms with E-state index in [1.807, 2.05) is 12.2 Å². The van der Waals surface area contributed by atoms with Gasteiger partial charge in [0.15, 0.2) is 0 Å². The van der Waals surface area contributed by atoms with Gasteiger partial charge >= 0.3 is 5.97 Å². The molecule has 3 rings (SSSR count). The maximum atomic E-state index is 11.6. The molecule has 3 nitrogen and oxygen atoms in total. The Morgan fingerprint density at radius 1 is 1.35 bits per heavy atom. The average molecular weight is 316 g/mol. The summed E-state index contributed by atoms with van der Waals surface area (Å²) >= 11 is 0. The van der Waals surface area contributed by atoms with Crippen molar-refractivity contribution in [3.8, 4) is 0 Å². The van der Waals surface area contributed by atoms with Crippen molar-refractivity contribution in [2.45, 2.75) is 52.6 Å². The second-order valence-corrected chi connectivity index (χ2v) is 8.35. The van der Waals surface area contributed by atoms with Crippen molar-refractivity contribution < 1.29 is 14.6 Å². The van der Waals surface area contributed by atoms with E-state index in [0.717, 1.165) is 18.4 Å². The molecule has 1 aliphatic heterocycles. The van der Waals surface area contributed by atoms with E-state index in [4.69, 9.17) is 4.74 Å². The Balaban J connectivity index is 1.93. The Hall–Kier alpha value is -1.35. The van der Waals surface area contributed by atoms with Gasteiger partial charge in [-0.15, -0.1) is 0 Å². The molecule has 4 atom stereocenters. The molecule has 0 aromatic heterocycles. The maximum Gasteiger partial charge on any atom is 0.338 e. The Bertz CT molecular complexity index is 584. The van der Waals surface area contributed by atoms with Gasteiger partial charge in [0.05, 0.1) is 11.7 Å². The number of carbonyl (C=O) groups excluding carboxylic acids is 1. The molecule has 1 heterocycles. The predicted molar refractivity (Wildman–Crippen MR) is 90.7 cm³/mol. The molecule has 0 amide bonds. The van der Waals surface area contributed by atoms with Gasteiger partial charge in [0.25, 0.3) is 0 Å². The third-order valence-electron chi connectivity index (χ3n) is 6.32. The molecule has 0 bridgehead atoms. The second-order valence-electron chi connectivity index (χ2n) is 8.35. The van der Waals surface area contributed by atoms with Gasteiger partial charge in [-0.1, -0.05) is 51.5 Å². The number of hydrogen-bond donors (Lipinski definition) is 1. The van der Waals surface area contributed by atoms with E-state index in [1.165, 1.54) is 6.42 Å². The molecule has 0 radical (unpaired) electrons. The number of fused-ring (bicyclic) bond motifs is 1. The minimum atomic E-state index is -0.317. The minimum absolute atomic E-state index is 0.00390. The molecule has 0 saturated heterocycles. The Kier molecular flexibility index (Phi) is 4.04. The molecule has 0 aromatic carbocycles. The number of cyclic esters (lactones) is 1. The first-order valence-electron chi connectivity index (χ1n) is 8.67. The summed E-state index contributed by atoms with van der Waals surface area (Å²) in [4.78, 5) is 11.6. The monoisotopic (exact) mass is 316 g/mol. The van der Waals surface area contributed by atoms with Gasteiger partial charge in [-0.25, -0.2) is 4.79 Å². The van der Waals surface area contributed by atoms with E-state index in [0.29, 0.717) is 18.6 Å². The lowest BCUT2D eigenvalue weighted by Gasteiger charge is -2.59. The Morgan fingerprint density at radius 2 is 2.09 bits per heavy atom. The number of ether oxygens (including phenoxy) is 1. The van der Waals surface area contributed by atoms with Gasteiger partial charge in [-0.05, 0) is 42.1 Å². The van der Waals surface area contributed by atoms with Crippen LogP contribution in [0.25, 0.3) is 0 Å². The van der Waals surface area contributed by atoms with Crippen molar-refractivity contribution in [1.82, 2.24) is 0 Å². The highest BCUT2D eigenvalue weighted by molar-refractivity contribution is 5.93. The second kappa shape index (κ2) is 5.62. The third-order valence-corrected chi connectivity index (χ3v) is 6.32. The summed E-state index contributed by atoms with van der Waals surface area (Å²) in [5, 5.41) is 10.7. The molecular formula is C20H28O3. The van der Waals surface area contributed by atoms with Crippen LogP contribution in [0.4, 0.5) is 0 Å². The van der Waals surface area contributed by atoms with Crippen molar-refractivity contribution in [1.29, 1.82) is 0 Å². The quantitative estimate of drug-likeness (QED) is 0.623. The van der Waals surface area contributed by atoms with E-state index < -0.39 is 0 Å². The van der Waals surface area contributed by atoms with Crippen molar-refractivity contribution in [2.24, 2.45) is 22.7 Å². The third kappa shape index (κ3) is 2.69. The van der Waals surface area contributed by atoms with Crippen LogP contribution in [0.5, 0.6) is 0 Å². The van der Waals surface area contributed by atoms with Crippen LogP contribution in [-0.2, 0) is 9.53 Å². The van der Waals surface area contributed by atoms with Crippen molar-refractivity contribution in [3.05, 3.63) is 36.0 Å². The van der Waals surface area contributed by atoms with Crippen molar-refractivity contribution in [2.75, 3.05) is 6.61 Å². The van der Waals surface area contributed by atoms with Crippen LogP contribution < -0.4 is 0 Å². The lowest BCUT2D eigenvalue weighted by Crippen LogP contribution is -2.55. The van der Waals surface area contributed by atoms with E-state index in [1.54, 1.807) is 0 Å². The summed E-state index contributed by atoms with van der Waals surface area (Å²) in [6, 6.07) is 0. The number of carbonyl (C=O) groups is 1. The van der Waals surface area contributed by atoms with Gasteiger partial charge in [-0.3, -0.25) is 0 Å². The number of esters is 1. The van der Waals surface area contributed by atoms with Crippen LogP contribution in [0.3, 0.4) is 0 Å². The highest BCUT2D eigenvalue weighted by atomic mass is 16.5. The van der Waals surface area contributed by atoms with Gasteiger partial charge in [0, 0.05) is 5.92 Å². The topological polar surface area (TPSA) is 46.5 Å². The molecule has 0 unspecified atom stereocenters. The fraction of sp³-hybridized carbons (Fsp3) is 0.650. The first-order valence-corrected chi connectivity index (χ1v) is 8.67. The zero-order valence-corrected chi connectivity index (χ0v) is 14.5. The molecule has 2 aliphatic carbocycles. The Morgan fingerprint density at radius 3 is 2.74 bits per heavy atom. The zero-order valence-electron chi connectivity index (χ0n) is 14.5. The maximum absolute atomic E-state index is 11.6. The van der Waals surface area contributed by atoms with Gasteiger partial charge in [0.1, 0.15) is 6.61 Å². The van der Waals surface area contributed by atoms with Crippen LogP contribution in [-0.4, -0.2) is 23.8 Å². The van der Waals surface area contributed by atoms with Crippen LogP contribution >= 0.6 is 0 Å². The first-order chi connectivity index (χ1) is 10.8. The van der Waals surface area contributed by atoms with Crippen molar-refractivity contribution >= 4 is 5.97 Å². The predicted octanol–water partition coefficient (Wildman–Crippen LogP) is 3.80. The van der Waals surface area contributed by atoms with Crippen molar-refractivity contribution in [3.63, 3.8) is 0 Å². The molecule has 3 heteroatoms. The van der Waals surface area contributed by atoms with Gasteiger partial charge < -0.3 is 9.84 Å². The molecule has 1 N–H and O–H groups in total. The average Bonchev–Trinajstić information content (AvgIpc) is 2.82. The molecule has 0 spiro atoms. The number of hydrogen-bond acceptors (Lipinski definition) is 3. The molecule has 126 valence electrons. The van der Waals surface area contributed by atoms with Gasteiger partial charge in [0.2, 0.25) is 0 Å². The summed E-state index contributed by atoms with van der Waals surface area (Å²) in [6.45, 7) is 11.5. The van der Waals surface area contributed by atoms with E-state index >= 15 is 0 Å². The van der Waals surface area contributed by atoms with Crippen LogP contribution in [0, 0.1) is 22.7 Å².